The molecule has 1 aliphatic rings. The molecule has 0 aromatic heterocycles. The molecule has 3 rings (SSSR count). The van der Waals surface area contributed by atoms with Gasteiger partial charge in [-0.15, -0.1) is 11.8 Å². The third-order valence-electron chi connectivity index (χ3n) is 4.80. The molecule has 0 spiro atoms. The third kappa shape index (κ3) is 6.29. The minimum Gasteiger partial charge on any atom is -0.490 e. The Morgan fingerprint density at radius 2 is 1.81 bits per heavy atom. The molecule has 1 atom stereocenters. The van der Waals surface area contributed by atoms with Crippen molar-refractivity contribution < 1.29 is 9.53 Å². The summed E-state index contributed by atoms with van der Waals surface area (Å²) in [6, 6.07) is 17.9. The van der Waals surface area contributed by atoms with Crippen molar-refractivity contribution in [3.05, 3.63) is 60.2 Å². The number of ether oxygens (including phenoxy) is 1. The lowest BCUT2D eigenvalue weighted by molar-refractivity contribution is -0.115. The highest BCUT2D eigenvalue weighted by Gasteiger charge is 2.18. The van der Waals surface area contributed by atoms with Crippen LogP contribution in [0.1, 0.15) is 25.3 Å². The van der Waals surface area contributed by atoms with Crippen LogP contribution in [0.4, 0.5) is 5.69 Å². The summed E-state index contributed by atoms with van der Waals surface area (Å²) in [6.07, 6.45) is 2.41. The van der Waals surface area contributed by atoms with Crippen molar-refractivity contribution in [2.45, 2.75) is 36.9 Å². The van der Waals surface area contributed by atoms with Crippen molar-refractivity contribution >= 4 is 23.4 Å². The van der Waals surface area contributed by atoms with Gasteiger partial charge in [0.1, 0.15) is 11.9 Å². The first kappa shape index (κ1) is 19.8. The number of piperidine rings is 1. The summed E-state index contributed by atoms with van der Waals surface area (Å²) >= 11 is 1.64. The Hall–Kier alpha value is -1.98. The van der Waals surface area contributed by atoms with E-state index in [9.17, 15) is 4.79 Å². The number of likely N-dealkylation sites (tertiary alicyclic amines) is 1. The molecule has 4 nitrogen and oxygen atoms in total. The lowest BCUT2D eigenvalue weighted by atomic mass is 10.1. The number of amides is 1. The van der Waals surface area contributed by atoms with Gasteiger partial charge >= 0.3 is 0 Å². The van der Waals surface area contributed by atoms with E-state index in [1.54, 1.807) is 11.8 Å². The SMILES string of the molecule is C[C@H](SCc1ccccc1)C(=O)Nc1ccc(OC2CCN(C)CC2)cc1. The molecule has 1 fully saturated rings. The van der Waals surface area contributed by atoms with Crippen molar-refractivity contribution in [1.82, 2.24) is 4.90 Å². The van der Waals surface area contributed by atoms with Gasteiger partial charge in [-0.05, 0) is 56.6 Å². The highest BCUT2D eigenvalue weighted by atomic mass is 32.2. The van der Waals surface area contributed by atoms with E-state index in [4.69, 9.17) is 4.74 Å². The quantitative estimate of drug-likeness (QED) is 0.767. The van der Waals surface area contributed by atoms with Crippen molar-refractivity contribution in [2.75, 3.05) is 25.5 Å². The summed E-state index contributed by atoms with van der Waals surface area (Å²) < 4.78 is 6.06. The second-order valence-electron chi connectivity index (χ2n) is 7.07. The molecule has 1 aliphatic heterocycles. The van der Waals surface area contributed by atoms with Crippen LogP contribution < -0.4 is 10.1 Å². The molecule has 1 heterocycles. The number of benzene rings is 2. The van der Waals surface area contributed by atoms with E-state index in [-0.39, 0.29) is 17.3 Å². The zero-order valence-corrected chi connectivity index (χ0v) is 16.9. The summed E-state index contributed by atoms with van der Waals surface area (Å²) in [4.78, 5) is 14.7. The molecule has 5 heteroatoms. The summed E-state index contributed by atoms with van der Waals surface area (Å²) in [5, 5.41) is 2.88. The van der Waals surface area contributed by atoms with Gasteiger partial charge in [0.15, 0.2) is 0 Å². The van der Waals surface area contributed by atoms with Gasteiger partial charge in [-0.1, -0.05) is 30.3 Å². The number of hydrogen-bond acceptors (Lipinski definition) is 4. The van der Waals surface area contributed by atoms with Gasteiger partial charge in [0.05, 0.1) is 5.25 Å². The van der Waals surface area contributed by atoms with Crippen LogP contribution in [0, 0.1) is 0 Å². The Balaban J connectivity index is 1.45. The van der Waals surface area contributed by atoms with Gasteiger partial charge in [-0.3, -0.25) is 4.79 Å². The van der Waals surface area contributed by atoms with Crippen molar-refractivity contribution in [3.63, 3.8) is 0 Å². The van der Waals surface area contributed by atoms with E-state index in [0.717, 1.165) is 43.1 Å². The van der Waals surface area contributed by atoms with Gasteiger partial charge in [-0.2, -0.15) is 0 Å². The number of anilines is 1. The Kier molecular flexibility index (Phi) is 7.18. The molecule has 0 unspecified atom stereocenters. The normalized spacial score (nSPS) is 16.7. The zero-order valence-electron chi connectivity index (χ0n) is 16.1. The van der Waals surface area contributed by atoms with Crippen LogP contribution >= 0.6 is 11.8 Å². The Labute approximate surface area is 166 Å². The summed E-state index contributed by atoms with van der Waals surface area (Å²) in [7, 11) is 2.15. The molecule has 1 N–H and O–H groups in total. The van der Waals surface area contributed by atoms with Gasteiger partial charge < -0.3 is 15.0 Å². The third-order valence-corrected chi connectivity index (χ3v) is 6.02. The van der Waals surface area contributed by atoms with Crippen LogP contribution in [0.25, 0.3) is 0 Å². The number of rotatable bonds is 7. The van der Waals surface area contributed by atoms with E-state index in [0.29, 0.717) is 0 Å². The molecule has 1 amide bonds. The zero-order chi connectivity index (χ0) is 19.1. The molecule has 0 radical (unpaired) electrons. The monoisotopic (exact) mass is 384 g/mol. The predicted octanol–water partition coefficient (Wildman–Crippen LogP) is 4.42. The lowest BCUT2D eigenvalue weighted by Crippen LogP contribution is -2.35. The summed E-state index contributed by atoms with van der Waals surface area (Å²) in [6.45, 7) is 4.11. The standard InChI is InChI=1S/C22H28N2O2S/c1-17(27-16-18-6-4-3-5-7-18)22(25)23-19-8-10-20(11-9-19)26-21-12-14-24(2)15-13-21/h3-11,17,21H,12-16H2,1-2H3,(H,23,25)/t17-/m0/s1. The minimum absolute atomic E-state index is 0.0277. The Morgan fingerprint density at radius 1 is 1.15 bits per heavy atom. The van der Waals surface area contributed by atoms with Gasteiger partial charge in [0.2, 0.25) is 5.91 Å². The maximum atomic E-state index is 12.4. The maximum absolute atomic E-state index is 12.4. The van der Waals surface area contributed by atoms with E-state index in [1.165, 1.54) is 5.56 Å². The van der Waals surface area contributed by atoms with Crippen LogP contribution in [0.3, 0.4) is 0 Å². The fourth-order valence-corrected chi connectivity index (χ4v) is 3.87. The van der Waals surface area contributed by atoms with Crippen LogP contribution in [-0.4, -0.2) is 42.3 Å². The van der Waals surface area contributed by atoms with Gasteiger partial charge in [-0.25, -0.2) is 0 Å². The molecule has 0 bridgehead atoms. The lowest BCUT2D eigenvalue weighted by Gasteiger charge is -2.29. The first-order chi connectivity index (χ1) is 13.1. The van der Waals surface area contributed by atoms with Gasteiger partial charge in [0.25, 0.3) is 0 Å². The number of carbonyl (C=O) groups is 1. The van der Waals surface area contributed by atoms with E-state index in [1.807, 2.05) is 49.4 Å². The molecule has 0 saturated carbocycles. The van der Waals surface area contributed by atoms with E-state index >= 15 is 0 Å². The highest BCUT2D eigenvalue weighted by molar-refractivity contribution is 7.99. The smallest absolute Gasteiger partial charge is 0.237 e. The summed E-state index contributed by atoms with van der Waals surface area (Å²) in [5.74, 6) is 1.73. The number of thioether (sulfide) groups is 1. The molecule has 0 aliphatic carbocycles. The fraction of sp³-hybridized carbons (Fsp3) is 0.409. The number of hydrogen-bond donors (Lipinski definition) is 1. The molecule has 27 heavy (non-hydrogen) atoms. The number of nitrogens with zero attached hydrogens (tertiary/aromatic N) is 1. The molecule has 144 valence electrons. The Morgan fingerprint density at radius 3 is 2.48 bits per heavy atom. The predicted molar refractivity (Wildman–Crippen MR) is 113 cm³/mol. The number of carbonyl (C=O) groups excluding carboxylic acids is 1. The fourth-order valence-electron chi connectivity index (χ4n) is 3.03. The van der Waals surface area contributed by atoms with Crippen molar-refractivity contribution in [3.8, 4) is 5.75 Å². The van der Waals surface area contributed by atoms with Crippen LogP contribution in [0.2, 0.25) is 0 Å². The topological polar surface area (TPSA) is 41.6 Å². The average molecular weight is 385 g/mol. The van der Waals surface area contributed by atoms with Crippen molar-refractivity contribution in [1.29, 1.82) is 0 Å². The molecular formula is C22H28N2O2S. The minimum atomic E-state index is -0.111. The largest absolute Gasteiger partial charge is 0.490 e. The molecule has 1 saturated heterocycles. The summed E-state index contributed by atoms with van der Waals surface area (Å²) in [5.41, 5.74) is 2.04. The average Bonchev–Trinajstić information content (AvgIpc) is 2.70. The van der Waals surface area contributed by atoms with Crippen LogP contribution in [0.15, 0.2) is 54.6 Å². The van der Waals surface area contributed by atoms with Crippen molar-refractivity contribution in [2.24, 2.45) is 0 Å². The Bertz CT molecular complexity index is 713. The second kappa shape index (κ2) is 9.81. The van der Waals surface area contributed by atoms with E-state index < -0.39 is 0 Å². The molecule has 2 aromatic carbocycles. The molecule has 2 aromatic rings. The number of nitrogens with one attached hydrogen (secondary N) is 1. The highest BCUT2D eigenvalue weighted by Crippen LogP contribution is 2.22. The van der Waals surface area contributed by atoms with Gasteiger partial charge in [0, 0.05) is 24.5 Å². The van der Waals surface area contributed by atoms with E-state index in [2.05, 4.69) is 29.4 Å². The molecular weight excluding hydrogens is 356 g/mol. The first-order valence-electron chi connectivity index (χ1n) is 9.52. The first-order valence-corrected chi connectivity index (χ1v) is 10.6. The van der Waals surface area contributed by atoms with Crippen LogP contribution in [-0.2, 0) is 10.5 Å². The second-order valence-corrected chi connectivity index (χ2v) is 8.40. The maximum Gasteiger partial charge on any atom is 0.237 e. The van der Waals surface area contributed by atoms with Crippen LogP contribution in [0.5, 0.6) is 5.75 Å².